The highest BCUT2D eigenvalue weighted by Gasteiger charge is 2.15. The highest BCUT2D eigenvalue weighted by atomic mass is 35.5. The van der Waals surface area contributed by atoms with Crippen molar-refractivity contribution in [3.8, 4) is 5.69 Å². The van der Waals surface area contributed by atoms with E-state index in [0.29, 0.717) is 10.6 Å². The molecule has 2 aromatic rings. The molecule has 1 aromatic heterocycles. The molecule has 0 aliphatic carbocycles. The summed E-state index contributed by atoms with van der Waals surface area (Å²) < 4.78 is 1.81. The third kappa shape index (κ3) is 5.15. The van der Waals surface area contributed by atoms with Crippen molar-refractivity contribution in [2.45, 2.75) is 46.5 Å². The molecule has 1 amide bonds. The first-order chi connectivity index (χ1) is 13.5. The number of carbonyl (C=O) groups is 1. The maximum absolute atomic E-state index is 12.4. The molecule has 0 spiro atoms. The minimum Gasteiger partial charge on any atom is -0.352 e. The molecule has 1 N–H and O–H groups in total. The molecular weight excluding hydrogens is 372 g/mol. The second kappa shape index (κ2) is 9.57. The van der Waals surface area contributed by atoms with Crippen molar-refractivity contribution in [3.05, 3.63) is 46.2 Å². The first-order valence-electron chi connectivity index (χ1n) is 10.3. The number of benzene rings is 1. The molecule has 6 heteroatoms. The van der Waals surface area contributed by atoms with Crippen LogP contribution in [0, 0.1) is 19.8 Å². The van der Waals surface area contributed by atoms with E-state index >= 15 is 0 Å². The van der Waals surface area contributed by atoms with E-state index in [-0.39, 0.29) is 5.91 Å². The molecular formula is C22H31ClN4O. The summed E-state index contributed by atoms with van der Waals surface area (Å²) in [6, 6.07) is 7.48. The highest BCUT2D eigenvalue weighted by molar-refractivity contribution is 6.31. The Labute approximate surface area is 173 Å². The topological polar surface area (TPSA) is 50.2 Å². The number of amides is 1. The minimum atomic E-state index is -0.0234. The summed E-state index contributed by atoms with van der Waals surface area (Å²) in [5.41, 5.74) is 3.28. The van der Waals surface area contributed by atoms with Gasteiger partial charge in [-0.1, -0.05) is 18.5 Å². The fourth-order valence-corrected chi connectivity index (χ4v) is 3.80. The zero-order valence-corrected chi connectivity index (χ0v) is 17.9. The lowest BCUT2D eigenvalue weighted by Gasteiger charge is -2.30. The summed E-state index contributed by atoms with van der Waals surface area (Å²) in [6.45, 7) is 10.5. The number of likely N-dealkylation sites (tertiary alicyclic amines) is 1. The molecule has 0 atom stereocenters. The fourth-order valence-electron chi connectivity index (χ4n) is 3.68. The number of hydrogen-bond donors (Lipinski definition) is 1. The van der Waals surface area contributed by atoms with Crippen LogP contribution in [0.1, 0.15) is 54.4 Å². The number of aryl methyl sites for hydroxylation is 1. The number of nitrogens with one attached hydrogen (secondary N) is 1. The van der Waals surface area contributed by atoms with Crippen LogP contribution in [0.5, 0.6) is 0 Å². The Bertz CT molecular complexity index is 792. The number of rotatable bonds is 7. The molecule has 0 radical (unpaired) electrons. The van der Waals surface area contributed by atoms with Gasteiger partial charge >= 0.3 is 0 Å². The van der Waals surface area contributed by atoms with Crippen LogP contribution in [0.25, 0.3) is 5.69 Å². The summed E-state index contributed by atoms with van der Waals surface area (Å²) in [6.07, 6.45) is 4.78. The molecule has 152 valence electrons. The van der Waals surface area contributed by atoms with Gasteiger partial charge in [0, 0.05) is 12.1 Å². The molecule has 0 bridgehead atoms. The maximum atomic E-state index is 12.4. The normalized spacial score (nSPS) is 15.7. The monoisotopic (exact) mass is 402 g/mol. The van der Waals surface area contributed by atoms with Crippen molar-refractivity contribution in [1.82, 2.24) is 20.0 Å². The predicted molar refractivity (Wildman–Crippen MR) is 114 cm³/mol. The largest absolute Gasteiger partial charge is 0.352 e. The molecule has 0 unspecified atom stereocenters. The lowest BCUT2D eigenvalue weighted by molar-refractivity contribution is 0.0952. The third-order valence-corrected chi connectivity index (χ3v) is 6.19. The van der Waals surface area contributed by atoms with Crippen LogP contribution in [0.3, 0.4) is 0 Å². The van der Waals surface area contributed by atoms with E-state index < -0.39 is 0 Å². The number of unbranched alkanes of at least 4 members (excludes halogenated alkanes) is 1. The summed E-state index contributed by atoms with van der Waals surface area (Å²) in [7, 11) is 0. The van der Waals surface area contributed by atoms with Gasteiger partial charge in [0.05, 0.1) is 22.1 Å². The highest BCUT2D eigenvalue weighted by Crippen LogP contribution is 2.22. The lowest BCUT2D eigenvalue weighted by atomic mass is 9.99. The van der Waals surface area contributed by atoms with Crippen molar-refractivity contribution in [2.75, 3.05) is 26.2 Å². The zero-order valence-electron chi connectivity index (χ0n) is 17.2. The Morgan fingerprint density at radius 3 is 2.46 bits per heavy atom. The molecule has 5 nitrogen and oxygen atoms in total. The minimum absolute atomic E-state index is 0.0234. The van der Waals surface area contributed by atoms with E-state index in [4.69, 9.17) is 11.6 Å². The number of carbonyl (C=O) groups excluding carboxylic acids is 1. The molecule has 1 aliphatic rings. The van der Waals surface area contributed by atoms with E-state index in [9.17, 15) is 4.79 Å². The molecule has 1 aromatic carbocycles. The van der Waals surface area contributed by atoms with Crippen LogP contribution >= 0.6 is 11.6 Å². The van der Waals surface area contributed by atoms with Crippen molar-refractivity contribution >= 4 is 17.5 Å². The average Bonchev–Trinajstić information content (AvgIpc) is 2.96. The SMILES string of the molecule is Cc1nn(-c2ccc(C(=O)NCCCCN3CCC(C)CC3)cc2)c(C)c1Cl. The first-order valence-corrected chi connectivity index (χ1v) is 10.7. The van der Waals surface area contributed by atoms with Crippen molar-refractivity contribution in [2.24, 2.45) is 5.92 Å². The first kappa shape index (κ1) is 20.9. The van der Waals surface area contributed by atoms with Crippen LogP contribution in [-0.2, 0) is 0 Å². The lowest BCUT2D eigenvalue weighted by Crippen LogP contribution is -2.34. The second-order valence-electron chi connectivity index (χ2n) is 7.93. The molecule has 3 rings (SSSR count). The van der Waals surface area contributed by atoms with E-state index in [1.165, 1.54) is 25.9 Å². The van der Waals surface area contributed by atoms with Crippen LogP contribution < -0.4 is 5.32 Å². The Hall–Kier alpha value is -1.85. The maximum Gasteiger partial charge on any atom is 0.251 e. The Morgan fingerprint density at radius 2 is 1.86 bits per heavy atom. The van der Waals surface area contributed by atoms with E-state index in [0.717, 1.165) is 48.9 Å². The van der Waals surface area contributed by atoms with Gasteiger partial charge in [-0.15, -0.1) is 0 Å². The second-order valence-corrected chi connectivity index (χ2v) is 8.31. The van der Waals surface area contributed by atoms with Gasteiger partial charge in [0.1, 0.15) is 0 Å². The standard InChI is InChI=1S/C22H31ClN4O/c1-16-10-14-26(15-11-16)13-5-4-12-24-22(28)19-6-8-20(9-7-19)27-18(3)21(23)17(2)25-27/h6-9,16H,4-5,10-15H2,1-3H3,(H,24,28). The smallest absolute Gasteiger partial charge is 0.251 e. The number of hydrogen-bond acceptors (Lipinski definition) is 3. The predicted octanol–water partition coefficient (Wildman–Crippen LogP) is 4.38. The molecule has 1 aliphatic heterocycles. The van der Waals surface area contributed by atoms with Crippen LogP contribution in [0.15, 0.2) is 24.3 Å². The molecule has 2 heterocycles. The Balaban J connectivity index is 1.43. The zero-order chi connectivity index (χ0) is 20.1. The third-order valence-electron chi connectivity index (χ3n) is 5.64. The number of halogens is 1. The van der Waals surface area contributed by atoms with Crippen molar-refractivity contribution < 1.29 is 4.79 Å². The van der Waals surface area contributed by atoms with E-state index in [2.05, 4.69) is 22.2 Å². The van der Waals surface area contributed by atoms with Gasteiger partial charge in [0.15, 0.2) is 0 Å². The molecule has 1 saturated heterocycles. The van der Waals surface area contributed by atoms with Gasteiger partial charge in [-0.05, 0) is 89.3 Å². The van der Waals surface area contributed by atoms with Crippen LogP contribution in [0.2, 0.25) is 5.02 Å². The fraction of sp³-hybridized carbons (Fsp3) is 0.545. The average molecular weight is 403 g/mol. The number of piperidine rings is 1. The van der Waals surface area contributed by atoms with E-state index in [1.807, 2.05) is 38.1 Å². The van der Waals surface area contributed by atoms with Crippen molar-refractivity contribution in [3.63, 3.8) is 0 Å². The van der Waals surface area contributed by atoms with E-state index in [1.54, 1.807) is 4.68 Å². The quantitative estimate of drug-likeness (QED) is 0.699. The summed E-state index contributed by atoms with van der Waals surface area (Å²) in [4.78, 5) is 14.9. The summed E-state index contributed by atoms with van der Waals surface area (Å²) in [5, 5.41) is 8.16. The van der Waals surface area contributed by atoms with Crippen LogP contribution in [0.4, 0.5) is 0 Å². The van der Waals surface area contributed by atoms with Gasteiger partial charge in [-0.3, -0.25) is 4.79 Å². The molecule has 1 fully saturated rings. The van der Waals surface area contributed by atoms with Crippen LogP contribution in [-0.4, -0.2) is 46.8 Å². The number of aromatic nitrogens is 2. The summed E-state index contributed by atoms with van der Waals surface area (Å²) >= 11 is 6.22. The van der Waals surface area contributed by atoms with Gasteiger partial charge in [-0.25, -0.2) is 4.68 Å². The summed E-state index contributed by atoms with van der Waals surface area (Å²) in [5.74, 6) is 0.852. The van der Waals surface area contributed by atoms with Gasteiger partial charge < -0.3 is 10.2 Å². The van der Waals surface area contributed by atoms with Gasteiger partial charge in [0.2, 0.25) is 0 Å². The molecule has 0 saturated carbocycles. The van der Waals surface area contributed by atoms with Gasteiger partial charge in [0.25, 0.3) is 5.91 Å². The Morgan fingerprint density at radius 1 is 1.18 bits per heavy atom. The number of nitrogens with zero attached hydrogens (tertiary/aromatic N) is 3. The van der Waals surface area contributed by atoms with Crippen molar-refractivity contribution in [1.29, 1.82) is 0 Å². The Kier molecular flexibility index (Phi) is 7.13. The van der Waals surface area contributed by atoms with Gasteiger partial charge in [-0.2, -0.15) is 5.10 Å². The molecule has 28 heavy (non-hydrogen) atoms.